The van der Waals surface area contributed by atoms with E-state index in [0.717, 1.165) is 12.8 Å². The smallest absolute Gasteiger partial charge is 0.253 e. The number of aromatic nitrogens is 1. The molecule has 0 saturated carbocycles. The van der Waals surface area contributed by atoms with Gasteiger partial charge in [-0.1, -0.05) is 17.7 Å². The van der Waals surface area contributed by atoms with E-state index < -0.39 is 12.4 Å². The normalized spacial score (nSPS) is 19.3. The van der Waals surface area contributed by atoms with Crippen molar-refractivity contribution in [2.75, 3.05) is 26.2 Å². The Morgan fingerprint density at radius 3 is 2.19 bits per heavy atom. The van der Waals surface area contributed by atoms with E-state index in [0.29, 0.717) is 65.8 Å². The van der Waals surface area contributed by atoms with Gasteiger partial charge in [-0.05, 0) is 67.1 Å². The van der Waals surface area contributed by atoms with E-state index in [9.17, 15) is 14.0 Å². The van der Waals surface area contributed by atoms with Crippen molar-refractivity contribution in [2.24, 2.45) is 11.8 Å². The second-order valence-corrected chi connectivity index (χ2v) is 9.94. The zero-order chi connectivity index (χ0) is 25.9. The summed E-state index contributed by atoms with van der Waals surface area (Å²) in [7, 11) is 0. The third-order valence-electron chi connectivity index (χ3n) is 7.18. The average Bonchev–Trinajstić information content (AvgIpc) is 3.22. The molecule has 0 aliphatic carbocycles. The SMILES string of the molecule is O=C(c1ccc(Oc2ccc(Cl)cn2)cc1)N1CC[C@@H]2CN(C(=O)c3ccc(CO)c(F)c3)C[C@@H]2CC1. The van der Waals surface area contributed by atoms with Gasteiger partial charge in [-0.2, -0.15) is 0 Å². The van der Waals surface area contributed by atoms with Crippen molar-refractivity contribution in [3.8, 4) is 11.6 Å². The third kappa shape index (κ3) is 5.60. The Morgan fingerprint density at radius 2 is 1.59 bits per heavy atom. The summed E-state index contributed by atoms with van der Waals surface area (Å²) in [6.07, 6.45) is 3.12. The fraction of sp³-hybridized carbons (Fsp3) is 0.321. The van der Waals surface area contributed by atoms with E-state index in [2.05, 4.69) is 4.98 Å². The molecular weight excluding hydrogens is 497 g/mol. The average molecular weight is 524 g/mol. The van der Waals surface area contributed by atoms with Crippen LogP contribution in [0.5, 0.6) is 11.6 Å². The molecule has 1 N–H and O–H groups in total. The number of aliphatic hydroxyl groups excluding tert-OH is 1. The minimum Gasteiger partial charge on any atom is -0.439 e. The Balaban J connectivity index is 1.17. The topological polar surface area (TPSA) is 83.0 Å². The highest BCUT2D eigenvalue weighted by atomic mass is 35.5. The molecule has 2 amide bonds. The quantitative estimate of drug-likeness (QED) is 0.520. The predicted octanol–water partition coefficient (Wildman–Crippen LogP) is 4.78. The van der Waals surface area contributed by atoms with E-state index in [1.165, 1.54) is 18.3 Å². The Bertz CT molecular complexity index is 1270. The molecule has 2 atom stereocenters. The number of hydrogen-bond acceptors (Lipinski definition) is 5. The summed E-state index contributed by atoms with van der Waals surface area (Å²) < 4.78 is 19.8. The van der Waals surface area contributed by atoms with Gasteiger partial charge in [0.2, 0.25) is 5.88 Å². The molecule has 37 heavy (non-hydrogen) atoms. The Hall–Kier alpha value is -3.49. The van der Waals surface area contributed by atoms with Crippen LogP contribution in [0.3, 0.4) is 0 Å². The second-order valence-electron chi connectivity index (χ2n) is 9.51. The fourth-order valence-electron chi connectivity index (χ4n) is 5.10. The van der Waals surface area contributed by atoms with Crippen molar-refractivity contribution in [3.63, 3.8) is 0 Å². The van der Waals surface area contributed by atoms with Crippen molar-refractivity contribution in [3.05, 3.63) is 88.3 Å². The van der Waals surface area contributed by atoms with E-state index in [-0.39, 0.29) is 17.4 Å². The minimum atomic E-state index is -0.572. The van der Waals surface area contributed by atoms with Crippen molar-refractivity contribution in [2.45, 2.75) is 19.4 Å². The van der Waals surface area contributed by atoms with Crippen LogP contribution in [0.15, 0.2) is 60.8 Å². The summed E-state index contributed by atoms with van der Waals surface area (Å²) in [4.78, 5) is 33.9. The van der Waals surface area contributed by atoms with Crippen molar-refractivity contribution < 1.29 is 23.8 Å². The number of likely N-dealkylation sites (tertiary alicyclic amines) is 2. The van der Waals surface area contributed by atoms with Crippen molar-refractivity contribution in [1.29, 1.82) is 0 Å². The van der Waals surface area contributed by atoms with Crippen LogP contribution >= 0.6 is 11.6 Å². The molecule has 9 heteroatoms. The summed E-state index contributed by atoms with van der Waals surface area (Å²) in [5.74, 6) is 0.799. The van der Waals surface area contributed by atoms with Crippen LogP contribution in [-0.4, -0.2) is 57.9 Å². The van der Waals surface area contributed by atoms with Crippen LogP contribution in [0.1, 0.15) is 39.1 Å². The van der Waals surface area contributed by atoms with Gasteiger partial charge in [-0.25, -0.2) is 9.37 Å². The van der Waals surface area contributed by atoms with E-state index in [4.69, 9.17) is 21.4 Å². The molecule has 0 unspecified atom stereocenters. The molecule has 1 aromatic heterocycles. The Kier molecular flexibility index (Phi) is 7.39. The van der Waals surface area contributed by atoms with Gasteiger partial charge in [0.25, 0.3) is 11.8 Å². The minimum absolute atomic E-state index is 0.0245. The maximum atomic E-state index is 14.1. The molecule has 2 saturated heterocycles. The van der Waals surface area contributed by atoms with E-state index >= 15 is 0 Å². The number of pyridine rings is 1. The molecule has 0 spiro atoms. The molecule has 2 aliphatic rings. The first-order valence-electron chi connectivity index (χ1n) is 12.3. The number of halogens is 2. The number of fused-ring (bicyclic) bond motifs is 1. The number of nitrogens with zero attached hydrogens (tertiary/aromatic N) is 3. The van der Waals surface area contributed by atoms with Gasteiger partial charge in [0, 0.05) is 55.1 Å². The molecule has 2 aliphatic heterocycles. The molecule has 192 valence electrons. The van der Waals surface area contributed by atoms with Crippen LogP contribution < -0.4 is 4.74 Å². The largest absolute Gasteiger partial charge is 0.439 e. The molecule has 2 fully saturated rings. The number of ether oxygens (including phenoxy) is 1. The molecular formula is C28H27ClFN3O4. The number of carbonyl (C=O) groups excluding carboxylic acids is 2. The molecule has 0 bridgehead atoms. The highest BCUT2D eigenvalue weighted by Gasteiger charge is 2.38. The van der Waals surface area contributed by atoms with Gasteiger partial charge in [0.1, 0.15) is 11.6 Å². The maximum absolute atomic E-state index is 14.1. The number of hydrogen-bond donors (Lipinski definition) is 1. The fourth-order valence-corrected chi connectivity index (χ4v) is 5.21. The summed E-state index contributed by atoms with van der Waals surface area (Å²) in [6.45, 7) is 2.03. The molecule has 2 aromatic carbocycles. The number of amides is 2. The molecule has 3 aromatic rings. The van der Waals surface area contributed by atoms with Crippen LogP contribution in [-0.2, 0) is 6.61 Å². The summed E-state index contributed by atoms with van der Waals surface area (Å²) in [6, 6.07) is 14.6. The first-order valence-corrected chi connectivity index (χ1v) is 12.7. The van der Waals surface area contributed by atoms with Gasteiger partial charge in [0.15, 0.2) is 0 Å². The first-order chi connectivity index (χ1) is 17.9. The first kappa shape index (κ1) is 25.2. The predicted molar refractivity (Wildman–Crippen MR) is 136 cm³/mol. The monoisotopic (exact) mass is 523 g/mol. The van der Waals surface area contributed by atoms with Gasteiger partial charge >= 0.3 is 0 Å². The second kappa shape index (κ2) is 10.9. The van der Waals surface area contributed by atoms with E-state index in [1.54, 1.807) is 47.4 Å². The van der Waals surface area contributed by atoms with Crippen LogP contribution in [0, 0.1) is 17.7 Å². The third-order valence-corrected chi connectivity index (χ3v) is 7.41. The lowest BCUT2D eigenvalue weighted by Crippen LogP contribution is -2.34. The number of benzene rings is 2. The van der Waals surface area contributed by atoms with Crippen LogP contribution in [0.25, 0.3) is 0 Å². The number of carbonyl (C=O) groups is 2. The summed E-state index contributed by atoms with van der Waals surface area (Å²) >= 11 is 5.85. The Morgan fingerprint density at radius 1 is 0.946 bits per heavy atom. The number of rotatable bonds is 5. The molecule has 7 nitrogen and oxygen atoms in total. The molecule has 5 rings (SSSR count). The van der Waals surface area contributed by atoms with Crippen molar-refractivity contribution in [1.82, 2.24) is 14.8 Å². The molecule has 0 radical (unpaired) electrons. The lowest BCUT2D eigenvalue weighted by Gasteiger charge is -2.22. The highest BCUT2D eigenvalue weighted by molar-refractivity contribution is 6.30. The summed E-state index contributed by atoms with van der Waals surface area (Å²) in [5.41, 5.74) is 1.06. The zero-order valence-electron chi connectivity index (χ0n) is 20.1. The Labute approximate surface area is 219 Å². The van der Waals surface area contributed by atoms with Gasteiger partial charge in [0.05, 0.1) is 11.6 Å². The van der Waals surface area contributed by atoms with Crippen LogP contribution in [0.4, 0.5) is 4.39 Å². The molecule has 3 heterocycles. The van der Waals surface area contributed by atoms with Crippen LogP contribution in [0.2, 0.25) is 5.02 Å². The lowest BCUT2D eigenvalue weighted by molar-refractivity contribution is 0.0734. The van der Waals surface area contributed by atoms with E-state index in [1.807, 2.05) is 4.90 Å². The van der Waals surface area contributed by atoms with Crippen molar-refractivity contribution >= 4 is 23.4 Å². The number of aliphatic hydroxyl groups is 1. The standard InChI is InChI=1S/C28H27ClFN3O4/c29-23-5-8-26(31-14-23)37-24-6-3-18(4-7-24)27(35)32-11-9-20-15-33(16-21(20)10-12-32)28(36)19-1-2-22(17-34)25(30)13-19/h1-8,13-14,20-21,34H,9-12,15-17H2/t20-,21+. The van der Waals surface area contributed by atoms with Gasteiger partial charge in [-0.3, -0.25) is 9.59 Å². The van der Waals surface area contributed by atoms with Gasteiger partial charge < -0.3 is 19.6 Å². The summed E-state index contributed by atoms with van der Waals surface area (Å²) in [5, 5.41) is 9.68. The highest BCUT2D eigenvalue weighted by Crippen LogP contribution is 2.33. The maximum Gasteiger partial charge on any atom is 0.253 e. The zero-order valence-corrected chi connectivity index (χ0v) is 20.9. The lowest BCUT2D eigenvalue weighted by atomic mass is 9.92. The van der Waals surface area contributed by atoms with Gasteiger partial charge in [-0.15, -0.1) is 0 Å².